The van der Waals surface area contributed by atoms with Crippen molar-refractivity contribution in [2.45, 2.75) is 26.1 Å². The summed E-state index contributed by atoms with van der Waals surface area (Å²) in [6.45, 7) is 5.04. The van der Waals surface area contributed by atoms with Gasteiger partial charge in [-0.05, 0) is 44.2 Å². The Bertz CT molecular complexity index is 718. The van der Waals surface area contributed by atoms with E-state index in [0.29, 0.717) is 35.3 Å². The van der Waals surface area contributed by atoms with Crippen LogP contribution >= 0.6 is 11.6 Å². The third kappa shape index (κ3) is 3.35. The summed E-state index contributed by atoms with van der Waals surface area (Å²) < 4.78 is 11.4. The van der Waals surface area contributed by atoms with Gasteiger partial charge in [0.25, 0.3) is 5.91 Å². The molecule has 1 aliphatic rings. The summed E-state index contributed by atoms with van der Waals surface area (Å²) in [6, 6.07) is 8.71. The van der Waals surface area contributed by atoms with Gasteiger partial charge in [-0.15, -0.1) is 0 Å². The van der Waals surface area contributed by atoms with Gasteiger partial charge in [-0.2, -0.15) is 0 Å². The van der Waals surface area contributed by atoms with E-state index in [1.807, 2.05) is 19.9 Å². The van der Waals surface area contributed by atoms with Crippen LogP contribution in [0.2, 0.25) is 5.02 Å². The lowest BCUT2D eigenvalue weighted by molar-refractivity contribution is -0.0592. The van der Waals surface area contributed by atoms with Crippen LogP contribution in [0.15, 0.2) is 34.7 Å². The molecule has 1 aromatic heterocycles. The van der Waals surface area contributed by atoms with Crippen molar-refractivity contribution in [3.8, 4) is 11.3 Å². The molecule has 0 saturated carbocycles. The average Bonchev–Trinajstić information content (AvgIpc) is 2.98. The number of morpholine rings is 1. The standard InChI is InChI=1S/C17H19ClN2O3/c1-10-8-20(9-11(2)22-10)17(21)16-6-5-15(23-16)12-3-4-13(18)14(19)7-12/h3-7,10-11H,8-9,19H2,1-2H3/t10-,11+. The molecule has 0 spiro atoms. The third-order valence-electron chi connectivity index (χ3n) is 3.80. The maximum atomic E-state index is 12.6. The molecule has 2 heterocycles. The summed E-state index contributed by atoms with van der Waals surface area (Å²) in [5.41, 5.74) is 7.07. The summed E-state index contributed by atoms with van der Waals surface area (Å²) in [5.74, 6) is 0.779. The number of ether oxygens (including phenoxy) is 1. The number of anilines is 1. The van der Waals surface area contributed by atoms with Crippen LogP contribution in [-0.4, -0.2) is 36.1 Å². The zero-order valence-corrected chi connectivity index (χ0v) is 13.8. The van der Waals surface area contributed by atoms with E-state index < -0.39 is 0 Å². The maximum absolute atomic E-state index is 12.6. The van der Waals surface area contributed by atoms with Crippen molar-refractivity contribution in [1.29, 1.82) is 0 Å². The minimum absolute atomic E-state index is 0.0215. The summed E-state index contributed by atoms with van der Waals surface area (Å²) in [4.78, 5) is 14.3. The number of carbonyl (C=O) groups excluding carboxylic acids is 1. The molecule has 1 fully saturated rings. The molecule has 5 nitrogen and oxygen atoms in total. The maximum Gasteiger partial charge on any atom is 0.289 e. The van der Waals surface area contributed by atoms with Gasteiger partial charge < -0.3 is 19.8 Å². The number of nitrogen functional groups attached to an aromatic ring is 1. The highest BCUT2D eigenvalue weighted by Crippen LogP contribution is 2.28. The number of halogens is 1. The summed E-state index contributed by atoms with van der Waals surface area (Å²) in [7, 11) is 0. The number of rotatable bonds is 2. The summed E-state index contributed by atoms with van der Waals surface area (Å²) in [5, 5.41) is 0.493. The normalized spacial score (nSPS) is 21.4. The molecule has 2 aromatic rings. The van der Waals surface area contributed by atoms with Gasteiger partial charge in [0.05, 0.1) is 22.9 Å². The number of benzene rings is 1. The van der Waals surface area contributed by atoms with Gasteiger partial charge in [-0.1, -0.05) is 11.6 Å². The van der Waals surface area contributed by atoms with Crippen molar-refractivity contribution in [2.75, 3.05) is 18.8 Å². The molecule has 2 atom stereocenters. The second-order valence-corrected chi connectivity index (χ2v) is 6.27. The monoisotopic (exact) mass is 334 g/mol. The first kappa shape index (κ1) is 15.9. The van der Waals surface area contributed by atoms with Gasteiger partial charge in [-0.3, -0.25) is 4.79 Å². The first-order valence-electron chi connectivity index (χ1n) is 7.54. The SMILES string of the molecule is C[C@@H]1CN(C(=O)c2ccc(-c3ccc(Cl)c(N)c3)o2)C[C@H](C)O1. The Morgan fingerprint density at radius 1 is 1.22 bits per heavy atom. The van der Waals surface area contributed by atoms with Crippen LogP contribution in [0.3, 0.4) is 0 Å². The van der Waals surface area contributed by atoms with Gasteiger partial charge in [0.1, 0.15) is 5.76 Å². The quantitative estimate of drug-likeness (QED) is 0.854. The first-order valence-corrected chi connectivity index (χ1v) is 7.92. The Kier molecular flexibility index (Phi) is 4.33. The van der Waals surface area contributed by atoms with Crippen LogP contribution in [0.4, 0.5) is 5.69 Å². The van der Waals surface area contributed by atoms with Crippen LogP contribution in [0.5, 0.6) is 0 Å². The Balaban J connectivity index is 1.81. The molecule has 3 rings (SSSR count). The molecule has 0 bridgehead atoms. The van der Waals surface area contributed by atoms with Gasteiger partial charge in [0.2, 0.25) is 0 Å². The van der Waals surface area contributed by atoms with Crippen molar-refractivity contribution in [1.82, 2.24) is 4.90 Å². The molecule has 2 N–H and O–H groups in total. The minimum Gasteiger partial charge on any atom is -0.451 e. The molecule has 1 saturated heterocycles. The van der Waals surface area contributed by atoms with E-state index in [2.05, 4.69) is 0 Å². The topological polar surface area (TPSA) is 68.7 Å². The van der Waals surface area contributed by atoms with E-state index in [1.54, 1.807) is 29.2 Å². The number of hydrogen-bond acceptors (Lipinski definition) is 4. The highest BCUT2D eigenvalue weighted by Gasteiger charge is 2.28. The van der Waals surface area contributed by atoms with Gasteiger partial charge in [0.15, 0.2) is 5.76 Å². The second kappa shape index (κ2) is 6.26. The van der Waals surface area contributed by atoms with Crippen molar-refractivity contribution < 1.29 is 13.9 Å². The van der Waals surface area contributed by atoms with Gasteiger partial charge >= 0.3 is 0 Å². The number of hydrogen-bond donors (Lipinski definition) is 1. The number of furan rings is 1. The van der Waals surface area contributed by atoms with Crippen molar-refractivity contribution >= 4 is 23.2 Å². The number of nitrogens with zero attached hydrogens (tertiary/aromatic N) is 1. The fourth-order valence-corrected chi connectivity index (χ4v) is 2.92. The van der Waals surface area contributed by atoms with Crippen LogP contribution in [0, 0.1) is 0 Å². The number of nitrogens with two attached hydrogens (primary N) is 1. The van der Waals surface area contributed by atoms with Crippen LogP contribution in [0.25, 0.3) is 11.3 Å². The van der Waals surface area contributed by atoms with Gasteiger partial charge in [0, 0.05) is 18.7 Å². The zero-order valence-electron chi connectivity index (χ0n) is 13.1. The Hall–Kier alpha value is -1.98. The Morgan fingerprint density at radius 2 is 1.91 bits per heavy atom. The largest absolute Gasteiger partial charge is 0.451 e. The summed E-state index contributed by atoms with van der Waals surface area (Å²) in [6.07, 6.45) is 0.0430. The molecule has 1 aliphatic heterocycles. The fraction of sp³-hybridized carbons (Fsp3) is 0.353. The molecule has 0 aliphatic carbocycles. The lowest BCUT2D eigenvalue weighted by atomic mass is 10.1. The van der Waals surface area contributed by atoms with E-state index in [1.165, 1.54) is 0 Å². The smallest absolute Gasteiger partial charge is 0.289 e. The lowest BCUT2D eigenvalue weighted by Gasteiger charge is -2.34. The average molecular weight is 335 g/mol. The predicted octanol–water partition coefficient (Wildman–Crippen LogP) is 3.43. The molecule has 23 heavy (non-hydrogen) atoms. The molecular weight excluding hydrogens is 316 g/mol. The first-order chi connectivity index (χ1) is 10.9. The van der Waals surface area contributed by atoms with E-state index in [4.69, 9.17) is 26.5 Å². The molecule has 122 valence electrons. The predicted molar refractivity (Wildman–Crippen MR) is 89.5 cm³/mol. The number of amides is 1. The Labute approximate surface area is 140 Å². The second-order valence-electron chi connectivity index (χ2n) is 5.87. The fourth-order valence-electron chi connectivity index (χ4n) is 2.80. The molecule has 0 radical (unpaired) electrons. The van der Waals surface area contributed by atoms with Crippen molar-refractivity contribution in [3.05, 3.63) is 41.1 Å². The highest BCUT2D eigenvalue weighted by atomic mass is 35.5. The van der Waals surface area contributed by atoms with E-state index in [9.17, 15) is 4.79 Å². The van der Waals surface area contributed by atoms with Crippen LogP contribution < -0.4 is 5.73 Å². The molecule has 1 amide bonds. The molecular formula is C17H19ClN2O3. The van der Waals surface area contributed by atoms with Crippen molar-refractivity contribution in [2.24, 2.45) is 0 Å². The van der Waals surface area contributed by atoms with Crippen LogP contribution in [-0.2, 0) is 4.74 Å². The van der Waals surface area contributed by atoms with Gasteiger partial charge in [-0.25, -0.2) is 0 Å². The highest BCUT2D eigenvalue weighted by molar-refractivity contribution is 6.33. The molecule has 1 aromatic carbocycles. The Morgan fingerprint density at radius 3 is 2.57 bits per heavy atom. The van der Waals surface area contributed by atoms with Crippen molar-refractivity contribution in [3.63, 3.8) is 0 Å². The van der Waals surface area contributed by atoms with Crippen LogP contribution in [0.1, 0.15) is 24.4 Å². The molecule has 0 unspecified atom stereocenters. The van der Waals surface area contributed by atoms with E-state index in [0.717, 1.165) is 5.56 Å². The van der Waals surface area contributed by atoms with E-state index >= 15 is 0 Å². The number of carbonyl (C=O) groups is 1. The summed E-state index contributed by atoms with van der Waals surface area (Å²) >= 11 is 5.92. The zero-order chi connectivity index (χ0) is 16.6. The third-order valence-corrected chi connectivity index (χ3v) is 4.15. The minimum atomic E-state index is -0.125. The lowest BCUT2D eigenvalue weighted by Crippen LogP contribution is -2.48. The molecule has 6 heteroatoms. The van der Waals surface area contributed by atoms with E-state index in [-0.39, 0.29) is 18.1 Å².